The summed E-state index contributed by atoms with van der Waals surface area (Å²) in [7, 11) is 1.61. The molecule has 0 unspecified atom stereocenters. The van der Waals surface area contributed by atoms with Gasteiger partial charge in [0.15, 0.2) is 0 Å². The quantitative estimate of drug-likeness (QED) is 0.617. The molecular formula is C19H26N2O3. The van der Waals surface area contributed by atoms with Gasteiger partial charge >= 0.3 is 0 Å². The van der Waals surface area contributed by atoms with Gasteiger partial charge in [-0.25, -0.2) is 0 Å². The number of hydrogen-bond donors (Lipinski definition) is 1. The molecule has 1 aliphatic rings. The van der Waals surface area contributed by atoms with E-state index in [0.29, 0.717) is 13.0 Å². The van der Waals surface area contributed by atoms with Crippen LogP contribution < -0.4 is 10.1 Å². The maximum absolute atomic E-state index is 11.9. The molecule has 1 aromatic rings. The van der Waals surface area contributed by atoms with Crippen LogP contribution in [0.1, 0.15) is 37.7 Å². The Labute approximate surface area is 143 Å². The zero-order chi connectivity index (χ0) is 17.2. The van der Waals surface area contributed by atoms with Crippen molar-refractivity contribution >= 4 is 17.9 Å². The van der Waals surface area contributed by atoms with Gasteiger partial charge in [-0.1, -0.05) is 24.6 Å². The van der Waals surface area contributed by atoms with Crippen LogP contribution in [0.5, 0.6) is 5.75 Å². The summed E-state index contributed by atoms with van der Waals surface area (Å²) in [6, 6.07) is 7.54. The third-order valence-corrected chi connectivity index (χ3v) is 4.13. The van der Waals surface area contributed by atoms with E-state index in [-0.39, 0.29) is 11.8 Å². The predicted molar refractivity (Wildman–Crippen MR) is 94.7 cm³/mol. The van der Waals surface area contributed by atoms with E-state index in [1.54, 1.807) is 13.2 Å². The molecule has 0 bridgehead atoms. The first kappa shape index (κ1) is 18.0. The van der Waals surface area contributed by atoms with Crippen molar-refractivity contribution in [1.82, 2.24) is 10.2 Å². The molecule has 1 saturated heterocycles. The molecule has 5 heteroatoms. The van der Waals surface area contributed by atoms with Gasteiger partial charge in [0, 0.05) is 37.7 Å². The predicted octanol–water partition coefficient (Wildman–Crippen LogP) is 2.62. The number of nitrogens with zero attached hydrogens (tertiary/aromatic N) is 1. The molecule has 0 radical (unpaired) electrons. The van der Waals surface area contributed by atoms with E-state index in [9.17, 15) is 9.59 Å². The van der Waals surface area contributed by atoms with Gasteiger partial charge in [-0.15, -0.1) is 0 Å². The fraction of sp³-hybridized carbons (Fsp3) is 0.474. The van der Waals surface area contributed by atoms with Crippen LogP contribution in [-0.2, 0) is 9.59 Å². The molecule has 0 atom stereocenters. The summed E-state index contributed by atoms with van der Waals surface area (Å²) >= 11 is 0. The Morgan fingerprint density at radius 1 is 1.29 bits per heavy atom. The van der Waals surface area contributed by atoms with Crippen molar-refractivity contribution in [1.29, 1.82) is 0 Å². The summed E-state index contributed by atoms with van der Waals surface area (Å²) in [6.45, 7) is 2.13. The van der Waals surface area contributed by atoms with E-state index >= 15 is 0 Å². The second-order valence-corrected chi connectivity index (χ2v) is 5.91. The summed E-state index contributed by atoms with van der Waals surface area (Å²) in [4.78, 5) is 25.7. The van der Waals surface area contributed by atoms with E-state index in [1.165, 1.54) is 6.08 Å². The first-order chi connectivity index (χ1) is 11.7. The van der Waals surface area contributed by atoms with Crippen molar-refractivity contribution < 1.29 is 14.3 Å². The van der Waals surface area contributed by atoms with Crippen molar-refractivity contribution in [2.45, 2.75) is 32.1 Å². The highest BCUT2D eigenvalue weighted by Gasteiger charge is 2.15. The Kier molecular flexibility index (Phi) is 7.33. The molecule has 1 fully saturated rings. The molecule has 1 aromatic carbocycles. The molecule has 5 nitrogen and oxygen atoms in total. The van der Waals surface area contributed by atoms with Gasteiger partial charge < -0.3 is 15.0 Å². The monoisotopic (exact) mass is 330 g/mol. The summed E-state index contributed by atoms with van der Waals surface area (Å²) in [5.74, 6) is 0.847. The standard InChI is InChI=1S/C19H26N2O3/c1-24-17-9-5-4-8-16(17)11-12-18(22)20-13-7-15-21-14-6-2-3-10-19(21)23/h4-5,8-9,11-12H,2-3,6-7,10,13-15H2,1H3,(H,20,22)/b12-11+. The maximum atomic E-state index is 11.9. The lowest BCUT2D eigenvalue weighted by atomic mass is 10.2. The van der Waals surface area contributed by atoms with E-state index < -0.39 is 0 Å². The van der Waals surface area contributed by atoms with E-state index in [4.69, 9.17) is 4.74 Å². The van der Waals surface area contributed by atoms with Crippen LogP contribution in [0.4, 0.5) is 0 Å². The van der Waals surface area contributed by atoms with Crippen LogP contribution in [0.25, 0.3) is 6.08 Å². The molecular weight excluding hydrogens is 304 g/mol. The van der Waals surface area contributed by atoms with Gasteiger partial charge in [-0.3, -0.25) is 9.59 Å². The average molecular weight is 330 g/mol. The second kappa shape index (κ2) is 9.75. The lowest BCUT2D eigenvalue weighted by molar-refractivity contribution is -0.130. The smallest absolute Gasteiger partial charge is 0.244 e. The third-order valence-electron chi connectivity index (χ3n) is 4.13. The highest BCUT2D eigenvalue weighted by molar-refractivity contribution is 5.92. The molecule has 24 heavy (non-hydrogen) atoms. The highest BCUT2D eigenvalue weighted by Crippen LogP contribution is 2.18. The van der Waals surface area contributed by atoms with Gasteiger partial charge in [-0.05, 0) is 31.4 Å². The van der Waals surface area contributed by atoms with Crippen LogP contribution in [0.3, 0.4) is 0 Å². The highest BCUT2D eigenvalue weighted by atomic mass is 16.5. The minimum absolute atomic E-state index is 0.136. The molecule has 1 aliphatic heterocycles. The number of likely N-dealkylation sites (tertiary alicyclic amines) is 1. The number of carbonyl (C=O) groups is 2. The Balaban J connectivity index is 1.71. The van der Waals surface area contributed by atoms with E-state index in [1.807, 2.05) is 29.2 Å². The van der Waals surface area contributed by atoms with Crippen LogP contribution in [0.2, 0.25) is 0 Å². The number of ether oxygens (including phenoxy) is 1. The third kappa shape index (κ3) is 5.72. The van der Waals surface area contributed by atoms with Gasteiger partial charge in [-0.2, -0.15) is 0 Å². The van der Waals surface area contributed by atoms with Crippen molar-refractivity contribution in [2.24, 2.45) is 0 Å². The number of benzene rings is 1. The largest absolute Gasteiger partial charge is 0.496 e. The molecule has 0 aromatic heterocycles. The topological polar surface area (TPSA) is 58.6 Å². The zero-order valence-corrected chi connectivity index (χ0v) is 14.3. The number of hydrogen-bond acceptors (Lipinski definition) is 3. The molecule has 2 amide bonds. The molecule has 1 heterocycles. The van der Waals surface area contributed by atoms with Crippen LogP contribution in [0.15, 0.2) is 30.3 Å². The number of rotatable bonds is 7. The van der Waals surface area contributed by atoms with E-state index in [2.05, 4.69) is 5.32 Å². The second-order valence-electron chi connectivity index (χ2n) is 5.91. The lowest BCUT2D eigenvalue weighted by Gasteiger charge is -2.20. The molecule has 0 aliphatic carbocycles. The van der Waals surface area contributed by atoms with Gasteiger partial charge in [0.2, 0.25) is 11.8 Å². The first-order valence-corrected chi connectivity index (χ1v) is 8.57. The number of nitrogens with one attached hydrogen (secondary N) is 1. The molecule has 1 N–H and O–H groups in total. The fourth-order valence-electron chi connectivity index (χ4n) is 2.78. The SMILES string of the molecule is COc1ccccc1/C=C/C(=O)NCCCN1CCCCCC1=O. The average Bonchev–Trinajstić information content (AvgIpc) is 2.81. The Bertz CT molecular complexity index is 584. The van der Waals surface area contributed by atoms with Crippen molar-refractivity contribution in [2.75, 3.05) is 26.7 Å². The number of amides is 2. The summed E-state index contributed by atoms with van der Waals surface area (Å²) in [5.41, 5.74) is 0.866. The Morgan fingerprint density at radius 2 is 2.12 bits per heavy atom. The molecule has 0 saturated carbocycles. The van der Waals surface area contributed by atoms with E-state index in [0.717, 1.165) is 50.1 Å². The summed E-state index contributed by atoms with van der Waals surface area (Å²) in [6.07, 6.45) is 7.90. The maximum Gasteiger partial charge on any atom is 0.244 e. The molecule has 0 spiro atoms. The number of para-hydroxylation sites is 1. The minimum Gasteiger partial charge on any atom is -0.496 e. The molecule has 2 rings (SSSR count). The molecule has 130 valence electrons. The lowest BCUT2D eigenvalue weighted by Crippen LogP contribution is -2.33. The number of carbonyl (C=O) groups excluding carboxylic acids is 2. The fourth-order valence-corrected chi connectivity index (χ4v) is 2.78. The Hall–Kier alpha value is -2.30. The Morgan fingerprint density at radius 3 is 2.96 bits per heavy atom. The zero-order valence-electron chi connectivity index (χ0n) is 14.3. The number of methoxy groups -OCH3 is 1. The first-order valence-electron chi connectivity index (χ1n) is 8.57. The normalized spacial score (nSPS) is 15.4. The van der Waals surface area contributed by atoms with Gasteiger partial charge in [0.25, 0.3) is 0 Å². The minimum atomic E-state index is -0.136. The van der Waals surface area contributed by atoms with Crippen molar-refractivity contribution in [3.8, 4) is 5.75 Å². The van der Waals surface area contributed by atoms with Crippen molar-refractivity contribution in [3.63, 3.8) is 0 Å². The van der Waals surface area contributed by atoms with Crippen molar-refractivity contribution in [3.05, 3.63) is 35.9 Å². The van der Waals surface area contributed by atoms with Gasteiger partial charge in [0.05, 0.1) is 7.11 Å². The van der Waals surface area contributed by atoms with Crippen LogP contribution in [-0.4, -0.2) is 43.5 Å². The van der Waals surface area contributed by atoms with Crippen LogP contribution in [0, 0.1) is 0 Å². The summed E-state index contributed by atoms with van der Waals surface area (Å²) < 4.78 is 5.24. The van der Waals surface area contributed by atoms with Gasteiger partial charge in [0.1, 0.15) is 5.75 Å². The summed E-state index contributed by atoms with van der Waals surface area (Å²) in [5, 5.41) is 2.86. The van der Waals surface area contributed by atoms with Crippen LogP contribution >= 0.6 is 0 Å².